The van der Waals surface area contributed by atoms with E-state index in [4.69, 9.17) is 28.0 Å². The van der Waals surface area contributed by atoms with Gasteiger partial charge in [-0.05, 0) is 85.4 Å². The van der Waals surface area contributed by atoms with Crippen molar-refractivity contribution < 1.29 is 77.6 Å². The Bertz CT molecular complexity index is 4130. The van der Waals surface area contributed by atoms with E-state index in [0.717, 1.165) is 0 Å². The molecular weight excluding hydrogens is 1410 g/mol. The van der Waals surface area contributed by atoms with Crippen LogP contribution in [0.25, 0.3) is 10.9 Å². The highest BCUT2D eigenvalue weighted by atomic mass is 16.4. The molecule has 6 aromatic rings. The standard InChI is InChI=1S/C72H95N21O16/c1-39(2)60(93-62(101)48(73)28-43-22-24-46(94)25-23-43)70(109)85-40(3)61(100)82-36-57(95)86-55(32-45-35-78-38-84-45)68(107)90-53(30-42-16-8-5-9-17-42)66(105)87-51(21-13-27-80-72(76)77)65(104)91-54(31-44-34-81-49-19-11-10-18-47(44)49)67(106)92-56(33-58(96)97)69(108)88-50(20-12-26-79-71(74)75)64(103)89-52(63(102)83-37-59(98)99)29-41-14-6-4-7-15-41/h4-11,14-19,22-25,34-35,38-40,48,50-56,60,81,94H,12-13,20-21,26-33,36-37,73H2,1-3H3,(H,78,84)(H,82,100)(H,83,102)(H,85,109)(H,86,95)(H,87,105)(H,88,108)(H,89,103)(H,90,107)(H,91,104)(H,92,106)(H,93,101)(H,96,97)(H,98,99)(H4,74,75,79)(H4,76,77,80)/t40-,48-,50-,51-,52-,53-,54-,55-,56-,60-/m0/s1. The molecule has 37 nitrogen and oxygen atoms in total. The SMILES string of the molecule is CC(C)[C@H](NC(=O)[C@@H](N)Cc1ccc(O)cc1)C(=O)N[C@@H](C)C(=O)NCC(=O)N[C@@H](Cc1c[nH]cn1)C(=O)N[C@@H](Cc1ccccc1)C(=O)N[C@@H](CCCNC(=N)N)C(=O)N[C@@H](Cc1c[nH]c2ccccc12)C(=O)N[C@@H](CC(=O)O)C(=O)N[C@@H](CCCNC(=N)N)C(=O)N[C@@H](Cc1ccccc1)C(=O)NCC(=O)O. The highest BCUT2D eigenvalue weighted by Crippen LogP contribution is 2.21. The van der Waals surface area contributed by atoms with Gasteiger partial charge < -0.3 is 112 Å². The first-order valence-corrected chi connectivity index (χ1v) is 34.9. The lowest BCUT2D eigenvalue weighted by molar-refractivity contribution is -0.141. The summed E-state index contributed by atoms with van der Waals surface area (Å²) >= 11 is 0. The number of nitrogens with one attached hydrogen (secondary N) is 17. The van der Waals surface area contributed by atoms with Crippen LogP contribution in [0.2, 0.25) is 0 Å². The number of aromatic nitrogens is 3. The van der Waals surface area contributed by atoms with E-state index in [1.54, 1.807) is 117 Å². The number of H-pyrrole nitrogens is 2. The van der Waals surface area contributed by atoms with Gasteiger partial charge in [0.15, 0.2) is 11.9 Å². The Morgan fingerprint density at radius 3 is 1.44 bits per heavy atom. The van der Waals surface area contributed by atoms with E-state index >= 15 is 9.59 Å². The number of aliphatic carboxylic acids is 2. The van der Waals surface area contributed by atoms with Gasteiger partial charge in [-0.25, -0.2) is 4.98 Å². The van der Waals surface area contributed by atoms with Gasteiger partial charge in [-0.3, -0.25) is 73.1 Å². The van der Waals surface area contributed by atoms with E-state index in [0.29, 0.717) is 33.2 Å². The summed E-state index contributed by atoms with van der Waals surface area (Å²) in [5.74, 6) is -14.7. The largest absolute Gasteiger partial charge is 0.508 e. The van der Waals surface area contributed by atoms with Crippen LogP contribution in [0.5, 0.6) is 5.75 Å². The maximum absolute atomic E-state index is 15.1. The molecule has 0 unspecified atom stereocenters. The van der Waals surface area contributed by atoms with Crippen molar-refractivity contribution >= 4 is 99.7 Å². The Hall–Kier alpha value is -13.0. The fraction of sp³-hybridized carbons (Fsp3) is 0.389. The fourth-order valence-corrected chi connectivity index (χ4v) is 11.3. The molecule has 0 saturated carbocycles. The highest BCUT2D eigenvalue weighted by Gasteiger charge is 2.37. The third-order valence-electron chi connectivity index (χ3n) is 17.0. The molecule has 2 aromatic heterocycles. The van der Waals surface area contributed by atoms with Crippen LogP contribution >= 0.6 is 0 Å². The zero-order valence-electron chi connectivity index (χ0n) is 60.2. The van der Waals surface area contributed by atoms with Gasteiger partial charge in [0.25, 0.3) is 0 Å². The number of imidazole rings is 1. The minimum Gasteiger partial charge on any atom is -0.508 e. The molecular formula is C72H95N21O16. The molecule has 0 saturated heterocycles. The summed E-state index contributed by atoms with van der Waals surface area (Å²) in [6, 6.07) is 14.7. The number of para-hydroxylation sites is 1. The van der Waals surface area contributed by atoms with E-state index in [1.807, 2.05) is 0 Å². The van der Waals surface area contributed by atoms with E-state index < -0.39 is 175 Å². The predicted molar refractivity (Wildman–Crippen MR) is 396 cm³/mol. The normalized spacial score (nSPS) is 13.7. The number of guanidine groups is 2. The van der Waals surface area contributed by atoms with Crippen LogP contribution in [0.3, 0.4) is 0 Å². The van der Waals surface area contributed by atoms with Crippen molar-refractivity contribution in [1.82, 2.24) is 84.1 Å². The van der Waals surface area contributed by atoms with Crippen LogP contribution in [0.1, 0.15) is 80.8 Å². The van der Waals surface area contributed by atoms with Crippen molar-refractivity contribution in [3.63, 3.8) is 0 Å². The van der Waals surface area contributed by atoms with Crippen molar-refractivity contribution in [3.05, 3.63) is 156 Å². The first kappa shape index (κ1) is 85.0. The second-order valence-electron chi connectivity index (χ2n) is 26.0. The Morgan fingerprint density at radius 2 is 0.927 bits per heavy atom. The van der Waals surface area contributed by atoms with Crippen LogP contribution in [0.15, 0.2) is 128 Å². The van der Waals surface area contributed by atoms with Crippen LogP contribution in [0, 0.1) is 16.7 Å². The van der Waals surface area contributed by atoms with Crippen molar-refractivity contribution in [1.29, 1.82) is 10.8 Å². The molecule has 26 N–H and O–H groups in total. The van der Waals surface area contributed by atoms with Crippen molar-refractivity contribution in [2.75, 3.05) is 26.2 Å². The number of carboxylic acids is 2. The molecule has 0 aliphatic carbocycles. The molecule has 584 valence electrons. The monoisotopic (exact) mass is 1510 g/mol. The summed E-state index contributed by atoms with van der Waals surface area (Å²) < 4.78 is 0. The number of nitrogens with zero attached hydrogens (tertiary/aromatic N) is 1. The Morgan fingerprint density at radius 1 is 0.459 bits per heavy atom. The molecule has 11 amide bonds. The molecule has 0 aliphatic rings. The molecule has 2 heterocycles. The predicted octanol–water partition coefficient (Wildman–Crippen LogP) is -3.21. The molecule has 0 bridgehead atoms. The van der Waals surface area contributed by atoms with Crippen LogP contribution in [-0.2, 0) is 94.4 Å². The highest BCUT2D eigenvalue weighted by molar-refractivity contribution is 6.00. The van der Waals surface area contributed by atoms with Gasteiger partial charge in [-0.15, -0.1) is 0 Å². The quantitative estimate of drug-likeness (QED) is 0.0102. The third kappa shape index (κ3) is 29.1. The van der Waals surface area contributed by atoms with E-state index in [2.05, 4.69) is 84.1 Å². The van der Waals surface area contributed by atoms with Crippen LogP contribution < -0.4 is 86.3 Å². The van der Waals surface area contributed by atoms with Crippen molar-refractivity contribution in [2.45, 2.75) is 145 Å². The summed E-state index contributed by atoms with van der Waals surface area (Å²) in [5.41, 5.74) is 20.2. The fourth-order valence-electron chi connectivity index (χ4n) is 11.3. The Labute approximate surface area is 626 Å². The number of rotatable bonds is 44. The zero-order valence-corrected chi connectivity index (χ0v) is 60.2. The summed E-state index contributed by atoms with van der Waals surface area (Å²) in [6.45, 7) is 3.08. The van der Waals surface area contributed by atoms with Gasteiger partial charge >= 0.3 is 11.9 Å². The molecule has 109 heavy (non-hydrogen) atoms. The number of fused-ring (bicyclic) bond motifs is 1. The van der Waals surface area contributed by atoms with Crippen molar-refractivity contribution in [2.24, 2.45) is 23.1 Å². The first-order chi connectivity index (χ1) is 51.9. The van der Waals surface area contributed by atoms with Crippen molar-refractivity contribution in [3.8, 4) is 5.75 Å². The maximum atomic E-state index is 15.1. The molecule has 6 rings (SSSR count). The number of carboxylic acid groups (broad SMARTS) is 2. The minimum atomic E-state index is -2.00. The average molecular weight is 1510 g/mol. The van der Waals surface area contributed by atoms with Gasteiger partial charge in [0, 0.05) is 62.1 Å². The van der Waals surface area contributed by atoms with Crippen LogP contribution in [-0.4, -0.2) is 206 Å². The number of phenols is 1. The summed E-state index contributed by atoms with van der Waals surface area (Å²) in [6.07, 6.45) is 1.82. The van der Waals surface area contributed by atoms with Crippen LogP contribution in [0.4, 0.5) is 0 Å². The topological polar surface area (TPSA) is 609 Å². The van der Waals surface area contributed by atoms with Gasteiger partial charge in [0.1, 0.15) is 66.7 Å². The Kier molecular flexibility index (Phi) is 33.4. The minimum absolute atomic E-state index is 0.0119. The van der Waals surface area contributed by atoms with Gasteiger partial charge in [0.05, 0.1) is 31.0 Å². The number of carbonyl (C=O) groups excluding carboxylic acids is 11. The van der Waals surface area contributed by atoms with Gasteiger partial charge in [-0.2, -0.15) is 0 Å². The third-order valence-corrected chi connectivity index (χ3v) is 17.0. The molecule has 0 fully saturated rings. The van der Waals surface area contributed by atoms with E-state index in [9.17, 15) is 68.1 Å². The number of aromatic hydroxyl groups is 1. The molecule has 0 aliphatic heterocycles. The lowest BCUT2D eigenvalue weighted by atomic mass is 10.0. The number of phenolic OH excluding ortho intramolecular Hbond substituents is 1. The smallest absolute Gasteiger partial charge is 0.322 e. The lowest BCUT2D eigenvalue weighted by Crippen LogP contribution is -2.61. The van der Waals surface area contributed by atoms with E-state index in [-0.39, 0.29) is 82.3 Å². The number of benzene rings is 4. The first-order valence-electron chi connectivity index (χ1n) is 34.9. The second kappa shape index (κ2) is 42.9. The summed E-state index contributed by atoms with van der Waals surface area (Å²) in [4.78, 5) is 190. The zero-order chi connectivity index (χ0) is 79.7. The van der Waals surface area contributed by atoms with E-state index in [1.165, 1.54) is 31.6 Å². The molecule has 0 radical (unpaired) electrons. The maximum Gasteiger partial charge on any atom is 0.322 e. The molecule has 37 heteroatoms. The number of aromatic amines is 2. The number of carbonyl (C=O) groups is 13. The number of nitrogens with two attached hydrogens (primary N) is 3. The molecule has 10 atom stereocenters. The number of amides is 11. The second-order valence-corrected chi connectivity index (χ2v) is 26.0. The van der Waals surface area contributed by atoms with Gasteiger partial charge in [-0.1, -0.05) is 105 Å². The Balaban J connectivity index is 1.23. The summed E-state index contributed by atoms with van der Waals surface area (Å²) in [7, 11) is 0. The number of hydrogen-bond donors (Lipinski definition) is 23. The van der Waals surface area contributed by atoms with Gasteiger partial charge in [0.2, 0.25) is 65.0 Å². The lowest BCUT2D eigenvalue weighted by Gasteiger charge is -2.28. The molecule has 0 spiro atoms. The summed E-state index contributed by atoms with van der Waals surface area (Å²) in [5, 5.41) is 78.2. The molecule has 4 aromatic carbocycles. The number of hydrogen-bond acceptors (Lipinski definition) is 18. The average Bonchev–Trinajstić information content (AvgIpc) is 1.68.